The molecule has 0 spiro atoms. The van der Waals surface area contributed by atoms with Crippen LogP contribution in [0.25, 0.3) is 0 Å². The second kappa shape index (κ2) is 5.04. The lowest BCUT2D eigenvalue weighted by molar-refractivity contribution is 0.600. The highest BCUT2D eigenvalue weighted by Gasteiger charge is 2.18. The normalized spacial score (nSPS) is 13.6. The van der Waals surface area contributed by atoms with Crippen LogP contribution in [0.1, 0.15) is 11.1 Å². The Balaban J connectivity index is 1.91. The molecule has 2 N–H and O–H groups in total. The molecular weight excluding hydrogens is 291 g/mol. The lowest BCUT2D eigenvalue weighted by Crippen LogP contribution is -2.13. The largest absolute Gasteiger partial charge is 0.384 e. The molecule has 21 heavy (non-hydrogen) atoms. The fourth-order valence-corrected chi connectivity index (χ4v) is 3.47. The fraction of sp³-hybridized carbons (Fsp3) is 0.200. The van der Waals surface area contributed by atoms with Gasteiger partial charge in [0.05, 0.1) is 4.90 Å². The Morgan fingerprint density at radius 1 is 1.19 bits per heavy atom. The van der Waals surface area contributed by atoms with Crippen molar-refractivity contribution in [1.29, 1.82) is 0 Å². The van der Waals surface area contributed by atoms with E-state index in [1.54, 1.807) is 25.1 Å². The van der Waals surface area contributed by atoms with Gasteiger partial charge in [-0.1, -0.05) is 0 Å². The minimum absolute atomic E-state index is 0.215. The molecule has 6 heteroatoms. The maximum Gasteiger partial charge on any atom is 0.261 e. The van der Waals surface area contributed by atoms with Crippen LogP contribution in [-0.2, 0) is 16.4 Å². The summed E-state index contributed by atoms with van der Waals surface area (Å²) in [5, 5.41) is 3.19. The first kappa shape index (κ1) is 13.9. The first-order valence-corrected chi connectivity index (χ1v) is 8.10. The van der Waals surface area contributed by atoms with E-state index in [9.17, 15) is 12.8 Å². The molecule has 2 aromatic carbocycles. The predicted molar refractivity (Wildman–Crippen MR) is 80.6 cm³/mol. The first-order valence-electron chi connectivity index (χ1n) is 6.61. The number of benzene rings is 2. The predicted octanol–water partition coefficient (Wildman–Crippen LogP) is 2.90. The van der Waals surface area contributed by atoms with Crippen molar-refractivity contribution in [3.8, 4) is 0 Å². The number of hydrogen-bond donors (Lipinski definition) is 2. The second-order valence-corrected chi connectivity index (χ2v) is 6.75. The van der Waals surface area contributed by atoms with Crippen LogP contribution >= 0.6 is 0 Å². The van der Waals surface area contributed by atoms with Crippen LogP contribution in [0.3, 0.4) is 0 Å². The van der Waals surface area contributed by atoms with Gasteiger partial charge in [0.25, 0.3) is 10.0 Å². The highest BCUT2D eigenvalue weighted by molar-refractivity contribution is 7.92. The summed E-state index contributed by atoms with van der Waals surface area (Å²) >= 11 is 0. The molecule has 0 bridgehead atoms. The highest BCUT2D eigenvalue weighted by Crippen LogP contribution is 2.26. The number of nitrogens with one attached hydrogen (secondary N) is 2. The highest BCUT2D eigenvalue weighted by atomic mass is 32.2. The van der Waals surface area contributed by atoms with Crippen LogP contribution in [0.4, 0.5) is 15.8 Å². The van der Waals surface area contributed by atoms with Gasteiger partial charge in [-0.25, -0.2) is 12.8 Å². The van der Waals surface area contributed by atoms with Crippen molar-refractivity contribution < 1.29 is 12.8 Å². The molecule has 0 aromatic heterocycles. The zero-order valence-corrected chi connectivity index (χ0v) is 12.3. The lowest BCUT2D eigenvalue weighted by Gasteiger charge is -2.10. The van der Waals surface area contributed by atoms with E-state index < -0.39 is 10.0 Å². The smallest absolute Gasteiger partial charge is 0.261 e. The zero-order chi connectivity index (χ0) is 15.0. The monoisotopic (exact) mass is 306 g/mol. The van der Waals surface area contributed by atoms with E-state index in [0.717, 1.165) is 24.2 Å². The molecule has 0 fully saturated rings. The molecule has 0 atom stereocenters. The van der Waals surface area contributed by atoms with Crippen LogP contribution in [-0.4, -0.2) is 15.0 Å². The SMILES string of the molecule is Cc1cc(NS(=O)(=O)c2ccc3c(c2)CCN3)ccc1F. The molecule has 3 rings (SSSR count). The van der Waals surface area contributed by atoms with E-state index in [1.165, 1.54) is 18.2 Å². The topological polar surface area (TPSA) is 58.2 Å². The van der Waals surface area contributed by atoms with Crippen molar-refractivity contribution in [2.45, 2.75) is 18.2 Å². The van der Waals surface area contributed by atoms with E-state index in [2.05, 4.69) is 10.0 Å². The summed E-state index contributed by atoms with van der Waals surface area (Å²) in [5.41, 5.74) is 2.72. The Labute approximate surface area is 123 Å². The van der Waals surface area contributed by atoms with Crippen molar-refractivity contribution in [3.05, 3.63) is 53.3 Å². The zero-order valence-electron chi connectivity index (χ0n) is 11.5. The molecule has 0 aliphatic carbocycles. The van der Waals surface area contributed by atoms with Gasteiger partial charge in [0.1, 0.15) is 5.82 Å². The number of fused-ring (bicyclic) bond motifs is 1. The third-order valence-corrected chi connectivity index (χ3v) is 4.89. The molecule has 0 saturated carbocycles. The van der Waals surface area contributed by atoms with Crippen molar-refractivity contribution in [2.75, 3.05) is 16.6 Å². The molecule has 0 amide bonds. The molecule has 0 saturated heterocycles. The average Bonchev–Trinajstić information content (AvgIpc) is 2.90. The summed E-state index contributed by atoms with van der Waals surface area (Å²) < 4.78 is 40.4. The molecule has 1 aliphatic heterocycles. The van der Waals surface area contributed by atoms with Crippen LogP contribution in [0, 0.1) is 12.7 Å². The van der Waals surface area contributed by atoms with Crippen LogP contribution in [0.5, 0.6) is 0 Å². The third-order valence-electron chi connectivity index (χ3n) is 3.51. The number of sulfonamides is 1. The van der Waals surface area contributed by atoms with E-state index in [4.69, 9.17) is 0 Å². The standard InChI is InChI=1S/C15H15FN2O2S/c1-10-8-12(2-4-14(10)16)18-21(19,20)13-3-5-15-11(9-13)6-7-17-15/h2-5,8-9,17-18H,6-7H2,1H3. The number of rotatable bonds is 3. The van der Waals surface area contributed by atoms with Crippen LogP contribution < -0.4 is 10.0 Å². The quantitative estimate of drug-likeness (QED) is 0.916. The van der Waals surface area contributed by atoms with Crippen molar-refractivity contribution in [2.24, 2.45) is 0 Å². The summed E-state index contributed by atoms with van der Waals surface area (Å²) in [6.07, 6.45) is 0.814. The molecule has 0 radical (unpaired) electrons. The fourth-order valence-electron chi connectivity index (χ4n) is 2.37. The summed E-state index contributed by atoms with van der Waals surface area (Å²) in [6, 6.07) is 9.15. The van der Waals surface area contributed by atoms with Gasteiger partial charge in [0.2, 0.25) is 0 Å². The van der Waals surface area contributed by atoms with Crippen molar-refractivity contribution in [3.63, 3.8) is 0 Å². The van der Waals surface area contributed by atoms with E-state index in [-0.39, 0.29) is 10.7 Å². The van der Waals surface area contributed by atoms with Gasteiger partial charge in [-0.15, -0.1) is 0 Å². The average molecular weight is 306 g/mol. The molecule has 2 aromatic rings. The van der Waals surface area contributed by atoms with Gasteiger partial charge in [-0.3, -0.25) is 4.72 Å². The Morgan fingerprint density at radius 2 is 2.00 bits per heavy atom. The van der Waals surface area contributed by atoms with Gasteiger partial charge >= 0.3 is 0 Å². The molecule has 0 unspecified atom stereocenters. The molecule has 4 nitrogen and oxygen atoms in total. The van der Waals surface area contributed by atoms with Gasteiger partial charge in [0, 0.05) is 17.9 Å². The van der Waals surface area contributed by atoms with Gasteiger partial charge < -0.3 is 5.32 Å². The van der Waals surface area contributed by atoms with Crippen LogP contribution in [0.2, 0.25) is 0 Å². The van der Waals surface area contributed by atoms with Crippen molar-refractivity contribution >= 4 is 21.4 Å². The summed E-state index contributed by atoms with van der Waals surface area (Å²) in [7, 11) is -3.66. The van der Waals surface area contributed by atoms with E-state index >= 15 is 0 Å². The Morgan fingerprint density at radius 3 is 2.76 bits per heavy atom. The summed E-state index contributed by atoms with van der Waals surface area (Å²) in [4.78, 5) is 0.215. The first-order chi connectivity index (χ1) is 9.95. The summed E-state index contributed by atoms with van der Waals surface area (Å²) in [5.74, 6) is -0.360. The molecule has 110 valence electrons. The second-order valence-electron chi connectivity index (χ2n) is 5.07. The van der Waals surface area contributed by atoms with Crippen LogP contribution in [0.15, 0.2) is 41.3 Å². The number of aryl methyl sites for hydroxylation is 1. The number of anilines is 2. The third kappa shape index (κ3) is 2.71. The molecular formula is C15H15FN2O2S. The number of halogens is 1. The lowest BCUT2D eigenvalue weighted by atomic mass is 10.2. The summed E-state index contributed by atoms with van der Waals surface area (Å²) in [6.45, 7) is 2.41. The van der Waals surface area contributed by atoms with Gasteiger partial charge in [-0.05, 0) is 60.9 Å². The maximum atomic E-state index is 13.2. The minimum Gasteiger partial charge on any atom is -0.384 e. The maximum absolute atomic E-state index is 13.2. The minimum atomic E-state index is -3.66. The molecule has 1 heterocycles. The Kier molecular flexibility index (Phi) is 3.33. The van der Waals surface area contributed by atoms with E-state index in [0.29, 0.717) is 11.3 Å². The van der Waals surface area contributed by atoms with Gasteiger partial charge in [-0.2, -0.15) is 0 Å². The number of hydrogen-bond acceptors (Lipinski definition) is 3. The van der Waals surface area contributed by atoms with Gasteiger partial charge in [0.15, 0.2) is 0 Å². The van der Waals surface area contributed by atoms with E-state index in [1.807, 2.05) is 0 Å². The van der Waals surface area contributed by atoms with Crippen molar-refractivity contribution in [1.82, 2.24) is 0 Å². The Bertz CT molecular complexity index is 803. The Hall–Kier alpha value is -2.08. The molecule has 1 aliphatic rings.